The van der Waals surface area contributed by atoms with Gasteiger partial charge < -0.3 is 5.11 Å². The fourth-order valence-electron chi connectivity index (χ4n) is 3.99. The molecule has 1 aromatic heterocycles. The van der Waals surface area contributed by atoms with Gasteiger partial charge in [-0.15, -0.1) is 0 Å². The Morgan fingerprint density at radius 2 is 1.59 bits per heavy atom. The second kappa shape index (κ2) is 11.2. The standard InChI is InChI=1S/C30H38O2S2/c1-17(2)9-23-11-21(15-27(33-23)19(5)6)13-25-29(31)26(30(25)32)14-22-12-24(10-18(3)4)34-28(16-22)20(7)8/h11-20H,9-10H2,1-8H3/p+1. The molecular weight excluding hydrogens is 456 g/mol. The van der Waals surface area contributed by atoms with Crippen molar-refractivity contribution in [1.82, 2.24) is 0 Å². The first kappa shape index (κ1) is 26.7. The van der Waals surface area contributed by atoms with Gasteiger partial charge in [0.05, 0.1) is 11.1 Å². The van der Waals surface area contributed by atoms with Crippen molar-refractivity contribution in [3.8, 4) is 0 Å². The van der Waals surface area contributed by atoms with Gasteiger partial charge in [0.25, 0.3) is 0 Å². The number of aliphatic hydroxyl groups is 1. The maximum atomic E-state index is 13.0. The normalized spacial score (nSPS) is 19.1. The molecule has 0 radical (unpaired) electrons. The van der Waals surface area contributed by atoms with Crippen LogP contribution in [0.2, 0.25) is 0 Å². The quantitative estimate of drug-likeness (QED) is 0.288. The molecule has 0 amide bonds. The molecule has 4 heteroatoms. The molecule has 1 N–H and O–H groups in total. The molecule has 0 unspecified atom stereocenters. The van der Waals surface area contributed by atoms with Crippen LogP contribution in [-0.4, -0.2) is 10.9 Å². The minimum absolute atomic E-state index is 0.0782. The molecule has 2 aliphatic rings. The number of Topliss-reactive ketones (excluding diaryl/α,β-unsaturated/α-hetero) is 1. The third-order valence-corrected chi connectivity index (χ3v) is 8.49. The van der Waals surface area contributed by atoms with Crippen molar-refractivity contribution >= 4 is 35.0 Å². The van der Waals surface area contributed by atoms with Gasteiger partial charge in [-0.2, -0.15) is 0 Å². The Bertz CT molecular complexity index is 1110. The van der Waals surface area contributed by atoms with Crippen molar-refractivity contribution in [3.63, 3.8) is 0 Å². The number of thioether (sulfide) groups is 1. The molecule has 0 spiro atoms. The van der Waals surface area contributed by atoms with E-state index in [0.29, 0.717) is 34.8 Å². The molecule has 1 aliphatic heterocycles. The molecule has 182 valence electrons. The first-order valence-corrected chi connectivity index (χ1v) is 14.1. The highest BCUT2D eigenvalue weighted by Gasteiger charge is 2.33. The summed E-state index contributed by atoms with van der Waals surface area (Å²) in [6.07, 6.45) is 10.1. The number of ketones is 1. The lowest BCUT2D eigenvalue weighted by Gasteiger charge is -2.22. The van der Waals surface area contributed by atoms with Gasteiger partial charge in [0.1, 0.15) is 5.76 Å². The number of aliphatic hydroxyl groups excluding tert-OH is 1. The summed E-state index contributed by atoms with van der Waals surface area (Å²) in [5, 5.41) is 10.8. The lowest BCUT2D eigenvalue weighted by Crippen LogP contribution is -2.21. The summed E-state index contributed by atoms with van der Waals surface area (Å²) in [5.41, 5.74) is 2.82. The maximum absolute atomic E-state index is 13.0. The summed E-state index contributed by atoms with van der Waals surface area (Å²) in [5.74, 6) is 2.02. The van der Waals surface area contributed by atoms with Gasteiger partial charge in [0.15, 0.2) is 0 Å². The van der Waals surface area contributed by atoms with Gasteiger partial charge in [0, 0.05) is 24.5 Å². The van der Waals surface area contributed by atoms with E-state index in [1.54, 1.807) is 0 Å². The fourth-order valence-corrected chi connectivity index (χ4v) is 6.68. The Hall–Kier alpha value is -1.91. The van der Waals surface area contributed by atoms with Crippen LogP contribution in [0.4, 0.5) is 0 Å². The smallest absolute Gasteiger partial charge is 0.218 e. The Morgan fingerprint density at radius 3 is 2.15 bits per heavy atom. The molecule has 0 atom stereocenters. The molecule has 1 aromatic rings. The van der Waals surface area contributed by atoms with E-state index in [1.807, 2.05) is 35.3 Å². The van der Waals surface area contributed by atoms with Crippen molar-refractivity contribution < 1.29 is 9.90 Å². The Morgan fingerprint density at radius 1 is 0.912 bits per heavy atom. The van der Waals surface area contributed by atoms with Crippen LogP contribution < -0.4 is 0 Å². The zero-order chi connectivity index (χ0) is 25.2. The fraction of sp³-hybridized carbons (Fsp3) is 0.467. The summed E-state index contributed by atoms with van der Waals surface area (Å²) in [6.45, 7) is 17.7. The van der Waals surface area contributed by atoms with Crippen LogP contribution in [-0.2, 0) is 11.2 Å². The lowest BCUT2D eigenvalue weighted by atomic mass is 9.85. The van der Waals surface area contributed by atoms with E-state index < -0.39 is 0 Å². The molecule has 0 aromatic carbocycles. The van der Waals surface area contributed by atoms with Gasteiger partial charge in [-0.25, -0.2) is 0 Å². The van der Waals surface area contributed by atoms with Crippen molar-refractivity contribution in [2.45, 2.75) is 74.1 Å². The average molecular weight is 496 g/mol. The van der Waals surface area contributed by atoms with Crippen LogP contribution >= 0.6 is 23.1 Å². The minimum Gasteiger partial charge on any atom is -0.506 e. The molecule has 3 rings (SSSR count). The van der Waals surface area contributed by atoms with Gasteiger partial charge in [-0.3, -0.25) is 4.79 Å². The van der Waals surface area contributed by atoms with E-state index in [4.69, 9.17) is 0 Å². The van der Waals surface area contributed by atoms with Crippen LogP contribution in [0.25, 0.3) is 6.08 Å². The molecule has 0 saturated heterocycles. The van der Waals surface area contributed by atoms with E-state index in [9.17, 15) is 9.90 Å². The van der Waals surface area contributed by atoms with Crippen molar-refractivity contribution in [3.05, 3.63) is 78.0 Å². The maximum Gasteiger partial charge on any atom is 0.218 e. The highest BCUT2D eigenvalue weighted by atomic mass is 32.2. The summed E-state index contributed by atoms with van der Waals surface area (Å²) in [7, 11) is 0. The van der Waals surface area contributed by atoms with Gasteiger partial charge in [-0.1, -0.05) is 67.2 Å². The summed E-state index contributed by atoms with van der Waals surface area (Å²) < 4.78 is 0. The zero-order valence-electron chi connectivity index (χ0n) is 21.9. The average Bonchev–Trinajstić information content (AvgIpc) is 2.74. The van der Waals surface area contributed by atoms with E-state index in [2.05, 4.69) is 79.7 Å². The van der Waals surface area contributed by atoms with E-state index in [1.165, 1.54) is 19.6 Å². The van der Waals surface area contributed by atoms with Crippen LogP contribution in [0.3, 0.4) is 0 Å². The third-order valence-electron chi connectivity index (χ3n) is 5.75. The van der Waals surface area contributed by atoms with Gasteiger partial charge in [0.2, 0.25) is 26.9 Å². The molecule has 2 nitrogen and oxygen atoms in total. The zero-order valence-corrected chi connectivity index (χ0v) is 23.5. The first-order valence-electron chi connectivity index (χ1n) is 12.4. The van der Waals surface area contributed by atoms with Crippen LogP contribution in [0.5, 0.6) is 0 Å². The number of hydrogen-bond donors (Lipinski definition) is 1. The number of allylic oxidation sites excluding steroid dienone is 8. The molecule has 34 heavy (non-hydrogen) atoms. The summed E-state index contributed by atoms with van der Waals surface area (Å²) in [4.78, 5) is 18.3. The van der Waals surface area contributed by atoms with E-state index in [0.717, 1.165) is 24.0 Å². The van der Waals surface area contributed by atoms with E-state index >= 15 is 0 Å². The Kier molecular flexibility index (Phi) is 8.81. The van der Waals surface area contributed by atoms with Crippen LogP contribution in [0.15, 0.2) is 62.6 Å². The number of rotatable bonds is 8. The molecule has 2 heterocycles. The second-order valence-electron chi connectivity index (χ2n) is 10.8. The van der Waals surface area contributed by atoms with E-state index in [-0.39, 0.29) is 11.5 Å². The van der Waals surface area contributed by atoms with Crippen LogP contribution in [0, 0.1) is 17.8 Å². The Balaban J connectivity index is 1.96. The number of carbonyl (C=O) groups excluding carboxylic acids is 1. The topological polar surface area (TPSA) is 37.3 Å². The Labute approximate surface area is 214 Å². The monoisotopic (exact) mass is 495 g/mol. The van der Waals surface area contributed by atoms with Crippen molar-refractivity contribution in [1.29, 1.82) is 0 Å². The molecule has 0 saturated carbocycles. The highest BCUT2D eigenvalue weighted by molar-refractivity contribution is 8.06. The largest absolute Gasteiger partial charge is 0.506 e. The van der Waals surface area contributed by atoms with Crippen molar-refractivity contribution in [2.24, 2.45) is 17.8 Å². The molecule has 1 aliphatic carbocycles. The predicted molar refractivity (Wildman–Crippen MR) is 150 cm³/mol. The molecular formula is C30H39O2S2+. The van der Waals surface area contributed by atoms with Crippen molar-refractivity contribution in [2.75, 3.05) is 0 Å². The SMILES string of the molecule is CC(C)CC1=CC(=CC2=C(O)C(=Cc3cc(CC(C)C)[s+]c(C(C)C)c3)C2=O)C=C(C(C)C)S1. The summed E-state index contributed by atoms with van der Waals surface area (Å²) >= 11 is 3.69. The van der Waals surface area contributed by atoms with Gasteiger partial charge in [-0.05, 0) is 69.4 Å². The highest BCUT2D eigenvalue weighted by Crippen LogP contribution is 2.41. The first-order chi connectivity index (χ1) is 15.9. The van der Waals surface area contributed by atoms with Crippen LogP contribution in [0.1, 0.15) is 83.0 Å². The molecule has 0 bridgehead atoms. The summed E-state index contributed by atoms with van der Waals surface area (Å²) in [6, 6.07) is 4.32. The predicted octanol–water partition coefficient (Wildman–Crippen LogP) is 9.27. The lowest BCUT2D eigenvalue weighted by molar-refractivity contribution is -0.113. The van der Waals surface area contributed by atoms with Gasteiger partial charge >= 0.3 is 0 Å². The molecule has 0 fully saturated rings. The second-order valence-corrected chi connectivity index (χ2v) is 13.2. The minimum atomic E-state index is -0.0782. The number of hydrogen-bond acceptors (Lipinski definition) is 3. The number of carbonyl (C=O) groups is 1. The third kappa shape index (κ3) is 6.60.